The first-order valence-electron chi connectivity index (χ1n) is 9.01. The summed E-state index contributed by atoms with van der Waals surface area (Å²) in [4.78, 5) is 27.5. The fourth-order valence-corrected chi connectivity index (χ4v) is 3.33. The van der Waals surface area contributed by atoms with Crippen molar-refractivity contribution >= 4 is 23.4 Å². The molecule has 0 radical (unpaired) electrons. The van der Waals surface area contributed by atoms with Crippen molar-refractivity contribution in [2.24, 2.45) is 0 Å². The van der Waals surface area contributed by atoms with E-state index in [1.807, 2.05) is 27.7 Å². The average molecular weight is 379 g/mol. The third-order valence-corrected chi connectivity index (χ3v) is 4.52. The molecule has 1 atom stereocenters. The van der Waals surface area contributed by atoms with E-state index in [9.17, 15) is 19.8 Å². The molecule has 1 aliphatic rings. The summed E-state index contributed by atoms with van der Waals surface area (Å²) in [6.45, 7) is 8.70. The summed E-state index contributed by atoms with van der Waals surface area (Å²) in [5, 5.41) is 22.1. The van der Waals surface area contributed by atoms with Gasteiger partial charge >= 0.3 is 12.1 Å². The zero-order valence-corrected chi connectivity index (χ0v) is 16.6. The number of ether oxygens (including phenoxy) is 1. The van der Waals surface area contributed by atoms with E-state index in [-0.39, 0.29) is 24.3 Å². The molecule has 0 bridgehead atoms. The molecule has 0 saturated carbocycles. The quantitative estimate of drug-likeness (QED) is 0.738. The number of carboxylic acid groups (broad SMARTS) is 1. The SMILES string of the molecule is CNc1c(N2CCN(C(=O)OC(C)(C)C)CC2C)ccc(C(=O)O)c1CO. The van der Waals surface area contributed by atoms with Gasteiger partial charge in [0.25, 0.3) is 0 Å². The zero-order chi connectivity index (χ0) is 20.4. The molecule has 1 heterocycles. The number of carboxylic acids is 1. The predicted molar refractivity (Wildman–Crippen MR) is 103 cm³/mol. The van der Waals surface area contributed by atoms with Gasteiger partial charge in [0.2, 0.25) is 0 Å². The van der Waals surface area contributed by atoms with Gasteiger partial charge in [0.1, 0.15) is 5.60 Å². The lowest BCUT2D eigenvalue weighted by molar-refractivity contribution is 0.0218. The van der Waals surface area contributed by atoms with Crippen molar-refractivity contribution in [2.75, 3.05) is 36.9 Å². The molecule has 1 saturated heterocycles. The summed E-state index contributed by atoms with van der Waals surface area (Å²) in [6.07, 6.45) is -0.333. The third-order valence-electron chi connectivity index (χ3n) is 4.52. The Kier molecular flexibility index (Phi) is 6.20. The lowest BCUT2D eigenvalue weighted by Gasteiger charge is -2.42. The highest BCUT2D eigenvalue weighted by molar-refractivity contribution is 5.94. The van der Waals surface area contributed by atoms with Crippen molar-refractivity contribution in [1.82, 2.24) is 4.90 Å². The molecule has 8 nitrogen and oxygen atoms in total. The van der Waals surface area contributed by atoms with Crippen molar-refractivity contribution in [3.05, 3.63) is 23.3 Å². The van der Waals surface area contributed by atoms with Crippen molar-refractivity contribution in [2.45, 2.75) is 45.9 Å². The van der Waals surface area contributed by atoms with Crippen LogP contribution in [0.25, 0.3) is 0 Å². The first kappa shape index (κ1) is 20.8. The summed E-state index contributed by atoms with van der Waals surface area (Å²) in [7, 11) is 1.70. The fourth-order valence-electron chi connectivity index (χ4n) is 3.33. The molecular formula is C19H29N3O5. The van der Waals surface area contributed by atoms with E-state index < -0.39 is 11.6 Å². The van der Waals surface area contributed by atoms with E-state index in [0.717, 1.165) is 5.69 Å². The Labute approximate surface area is 159 Å². The van der Waals surface area contributed by atoms with Gasteiger partial charge in [-0.2, -0.15) is 0 Å². The van der Waals surface area contributed by atoms with Crippen molar-refractivity contribution in [1.29, 1.82) is 0 Å². The zero-order valence-electron chi connectivity index (χ0n) is 16.6. The van der Waals surface area contributed by atoms with Crippen LogP contribution < -0.4 is 10.2 Å². The first-order chi connectivity index (χ1) is 12.6. The van der Waals surface area contributed by atoms with Gasteiger partial charge in [-0.15, -0.1) is 0 Å². The van der Waals surface area contributed by atoms with Crippen LogP contribution in [0.3, 0.4) is 0 Å². The van der Waals surface area contributed by atoms with Crippen LogP contribution in [0.1, 0.15) is 43.6 Å². The Morgan fingerprint density at radius 2 is 1.96 bits per heavy atom. The van der Waals surface area contributed by atoms with Gasteiger partial charge in [0.15, 0.2) is 0 Å². The minimum Gasteiger partial charge on any atom is -0.478 e. The number of aliphatic hydroxyl groups is 1. The van der Waals surface area contributed by atoms with Crippen molar-refractivity contribution < 1.29 is 24.5 Å². The van der Waals surface area contributed by atoms with Crippen LogP contribution in [-0.4, -0.2) is 65.5 Å². The smallest absolute Gasteiger partial charge is 0.410 e. The molecule has 1 aromatic carbocycles. The Hall–Kier alpha value is -2.48. The van der Waals surface area contributed by atoms with E-state index in [1.54, 1.807) is 18.0 Å². The maximum Gasteiger partial charge on any atom is 0.410 e. The van der Waals surface area contributed by atoms with Crippen LogP contribution in [0.15, 0.2) is 12.1 Å². The number of hydrogen-bond donors (Lipinski definition) is 3. The van der Waals surface area contributed by atoms with Crippen molar-refractivity contribution in [3.63, 3.8) is 0 Å². The van der Waals surface area contributed by atoms with E-state index >= 15 is 0 Å². The predicted octanol–water partition coefficient (Wildman–Crippen LogP) is 2.36. The van der Waals surface area contributed by atoms with Gasteiger partial charge in [-0.3, -0.25) is 0 Å². The van der Waals surface area contributed by atoms with Gasteiger partial charge in [-0.1, -0.05) is 0 Å². The minimum atomic E-state index is -1.08. The molecule has 150 valence electrons. The van der Waals surface area contributed by atoms with Gasteiger partial charge in [-0.05, 0) is 39.8 Å². The van der Waals surface area contributed by atoms with E-state index in [2.05, 4.69) is 10.2 Å². The number of amides is 1. The number of nitrogens with zero attached hydrogens (tertiary/aromatic N) is 2. The molecule has 3 N–H and O–H groups in total. The summed E-state index contributed by atoms with van der Waals surface area (Å²) in [6, 6.07) is 3.26. The number of aromatic carboxylic acids is 1. The number of carbonyl (C=O) groups excluding carboxylic acids is 1. The summed E-state index contributed by atoms with van der Waals surface area (Å²) < 4.78 is 5.45. The Balaban J connectivity index is 2.25. The van der Waals surface area contributed by atoms with Gasteiger partial charge in [-0.25, -0.2) is 9.59 Å². The number of carbonyl (C=O) groups is 2. The van der Waals surface area contributed by atoms with Gasteiger partial charge in [0.05, 0.1) is 23.5 Å². The van der Waals surface area contributed by atoms with Crippen molar-refractivity contribution in [3.8, 4) is 0 Å². The molecule has 8 heteroatoms. The molecule has 0 aromatic heterocycles. The molecule has 2 rings (SSSR count). The molecule has 1 unspecified atom stereocenters. The fraction of sp³-hybridized carbons (Fsp3) is 0.579. The van der Waals surface area contributed by atoms with E-state index in [1.165, 1.54) is 6.07 Å². The normalized spacial score (nSPS) is 17.6. The van der Waals surface area contributed by atoms with Crippen LogP contribution in [0.4, 0.5) is 16.2 Å². The Morgan fingerprint density at radius 3 is 2.44 bits per heavy atom. The number of aliphatic hydroxyl groups excluding tert-OH is 1. The van der Waals surface area contributed by atoms with Crippen LogP contribution >= 0.6 is 0 Å². The molecule has 0 aliphatic carbocycles. The first-order valence-corrected chi connectivity index (χ1v) is 9.01. The van der Waals surface area contributed by atoms with Crippen LogP contribution in [0.2, 0.25) is 0 Å². The minimum absolute atomic E-state index is 0.000546. The van der Waals surface area contributed by atoms with Gasteiger partial charge < -0.3 is 30.1 Å². The molecule has 1 fully saturated rings. The maximum atomic E-state index is 12.3. The lowest BCUT2D eigenvalue weighted by Crippen LogP contribution is -2.54. The number of nitrogens with one attached hydrogen (secondary N) is 1. The second kappa shape index (κ2) is 8.04. The number of piperazine rings is 1. The van der Waals surface area contributed by atoms with E-state index in [0.29, 0.717) is 30.9 Å². The lowest BCUT2D eigenvalue weighted by atomic mass is 10.0. The number of benzene rings is 1. The number of anilines is 2. The van der Waals surface area contributed by atoms with Crippen LogP contribution in [0.5, 0.6) is 0 Å². The molecule has 27 heavy (non-hydrogen) atoms. The standard InChI is InChI=1S/C19H29N3O5/c1-12-10-21(18(26)27-19(2,3)4)8-9-22(12)15-7-6-13(17(24)25)14(11-23)16(15)20-5/h6-7,12,20,23H,8-11H2,1-5H3,(H,24,25). The van der Waals surface area contributed by atoms with Gasteiger partial charge in [0, 0.05) is 38.3 Å². The summed E-state index contributed by atoms with van der Waals surface area (Å²) in [5.74, 6) is -1.08. The molecule has 1 aromatic rings. The van der Waals surface area contributed by atoms with Crippen LogP contribution in [0, 0.1) is 0 Å². The Morgan fingerprint density at radius 1 is 1.30 bits per heavy atom. The third kappa shape index (κ3) is 4.63. The largest absolute Gasteiger partial charge is 0.478 e. The highest BCUT2D eigenvalue weighted by atomic mass is 16.6. The summed E-state index contributed by atoms with van der Waals surface area (Å²) >= 11 is 0. The van der Waals surface area contributed by atoms with Crippen LogP contribution in [-0.2, 0) is 11.3 Å². The summed E-state index contributed by atoms with van der Waals surface area (Å²) in [5.41, 5.74) is 1.28. The number of hydrogen-bond acceptors (Lipinski definition) is 6. The molecule has 1 amide bonds. The average Bonchev–Trinajstić information content (AvgIpc) is 2.58. The topological polar surface area (TPSA) is 102 Å². The van der Waals surface area contributed by atoms with E-state index in [4.69, 9.17) is 4.74 Å². The molecule has 1 aliphatic heterocycles. The highest BCUT2D eigenvalue weighted by Gasteiger charge is 2.31. The monoisotopic (exact) mass is 379 g/mol. The maximum absolute atomic E-state index is 12.3. The number of rotatable bonds is 4. The second-order valence-electron chi connectivity index (χ2n) is 7.67. The highest BCUT2D eigenvalue weighted by Crippen LogP contribution is 2.34. The molecule has 0 spiro atoms. The molecular weight excluding hydrogens is 350 g/mol. The Bertz CT molecular complexity index is 714. The second-order valence-corrected chi connectivity index (χ2v) is 7.67.